The Labute approximate surface area is 148 Å². The van der Waals surface area contributed by atoms with E-state index in [9.17, 15) is 4.79 Å². The van der Waals surface area contributed by atoms with Gasteiger partial charge in [0, 0.05) is 4.47 Å². The van der Waals surface area contributed by atoms with Crippen molar-refractivity contribution < 1.29 is 9.53 Å². The predicted octanol–water partition coefficient (Wildman–Crippen LogP) is 4.33. The molecule has 120 valence electrons. The Hall–Kier alpha value is -1.85. The SMILES string of the molecule is CC(=NNC(=O)COc1ccc(Br)cc1Cl)c1ccc(C)cc1. The van der Waals surface area contributed by atoms with Crippen LogP contribution in [0.25, 0.3) is 0 Å². The van der Waals surface area contributed by atoms with E-state index >= 15 is 0 Å². The molecule has 0 unspecified atom stereocenters. The van der Waals surface area contributed by atoms with Crippen molar-refractivity contribution in [1.29, 1.82) is 0 Å². The van der Waals surface area contributed by atoms with Crippen LogP contribution in [0.1, 0.15) is 18.1 Å². The van der Waals surface area contributed by atoms with E-state index < -0.39 is 0 Å². The number of halogens is 2. The summed E-state index contributed by atoms with van der Waals surface area (Å²) in [7, 11) is 0. The molecule has 0 radical (unpaired) electrons. The number of carbonyl (C=O) groups is 1. The van der Waals surface area contributed by atoms with Gasteiger partial charge in [-0.15, -0.1) is 0 Å². The molecule has 0 aromatic heterocycles. The molecule has 0 fully saturated rings. The van der Waals surface area contributed by atoms with Crippen molar-refractivity contribution in [3.8, 4) is 5.75 Å². The van der Waals surface area contributed by atoms with Crippen LogP contribution in [0.15, 0.2) is 52.0 Å². The van der Waals surface area contributed by atoms with Crippen LogP contribution in [0.4, 0.5) is 0 Å². The monoisotopic (exact) mass is 394 g/mol. The molecule has 0 bridgehead atoms. The maximum Gasteiger partial charge on any atom is 0.277 e. The van der Waals surface area contributed by atoms with E-state index in [4.69, 9.17) is 16.3 Å². The summed E-state index contributed by atoms with van der Waals surface area (Å²) in [6.07, 6.45) is 0. The van der Waals surface area contributed by atoms with Gasteiger partial charge in [0.1, 0.15) is 5.75 Å². The molecule has 2 rings (SSSR count). The van der Waals surface area contributed by atoms with Crippen molar-refractivity contribution in [2.75, 3.05) is 6.61 Å². The molecule has 0 aliphatic rings. The van der Waals surface area contributed by atoms with Gasteiger partial charge in [-0.25, -0.2) is 5.43 Å². The van der Waals surface area contributed by atoms with Gasteiger partial charge in [-0.1, -0.05) is 57.4 Å². The summed E-state index contributed by atoms with van der Waals surface area (Å²) in [5, 5.41) is 4.51. The Morgan fingerprint density at radius 3 is 2.61 bits per heavy atom. The minimum atomic E-state index is -0.351. The standard InChI is InChI=1S/C17H16BrClN2O2/c1-11-3-5-13(6-4-11)12(2)20-21-17(22)10-23-16-8-7-14(18)9-15(16)19/h3-9H,10H2,1-2H3,(H,21,22). The first-order valence-corrected chi connectivity index (χ1v) is 8.11. The number of nitrogens with zero attached hydrogens (tertiary/aromatic N) is 1. The van der Waals surface area contributed by atoms with Gasteiger partial charge in [-0.05, 0) is 37.6 Å². The Morgan fingerprint density at radius 2 is 1.96 bits per heavy atom. The first kappa shape index (κ1) is 17.5. The number of hydrogen-bond donors (Lipinski definition) is 1. The number of benzene rings is 2. The lowest BCUT2D eigenvalue weighted by Crippen LogP contribution is -2.25. The number of nitrogens with one attached hydrogen (secondary N) is 1. The van der Waals surface area contributed by atoms with Gasteiger partial charge in [0.2, 0.25) is 0 Å². The van der Waals surface area contributed by atoms with E-state index in [1.165, 1.54) is 5.56 Å². The fraction of sp³-hybridized carbons (Fsp3) is 0.176. The maximum absolute atomic E-state index is 11.8. The zero-order valence-corrected chi connectivity index (χ0v) is 15.1. The summed E-state index contributed by atoms with van der Waals surface area (Å²) in [6, 6.07) is 13.1. The average molecular weight is 396 g/mol. The van der Waals surface area contributed by atoms with Crippen LogP contribution in [0.2, 0.25) is 5.02 Å². The highest BCUT2D eigenvalue weighted by atomic mass is 79.9. The smallest absolute Gasteiger partial charge is 0.277 e. The summed E-state index contributed by atoms with van der Waals surface area (Å²) in [4.78, 5) is 11.8. The van der Waals surface area contributed by atoms with Crippen molar-refractivity contribution in [3.63, 3.8) is 0 Å². The minimum Gasteiger partial charge on any atom is -0.482 e. The van der Waals surface area contributed by atoms with Gasteiger partial charge < -0.3 is 4.74 Å². The largest absolute Gasteiger partial charge is 0.482 e. The van der Waals surface area contributed by atoms with Crippen LogP contribution in [-0.2, 0) is 4.79 Å². The van der Waals surface area contributed by atoms with E-state index in [2.05, 4.69) is 26.5 Å². The minimum absolute atomic E-state index is 0.161. The number of rotatable bonds is 5. The van der Waals surface area contributed by atoms with Crippen LogP contribution in [0.3, 0.4) is 0 Å². The van der Waals surface area contributed by atoms with Crippen molar-refractivity contribution in [2.45, 2.75) is 13.8 Å². The second-order valence-corrected chi connectivity index (χ2v) is 6.28. The lowest BCUT2D eigenvalue weighted by Gasteiger charge is -2.07. The van der Waals surface area contributed by atoms with Crippen LogP contribution >= 0.6 is 27.5 Å². The van der Waals surface area contributed by atoms with Gasteiger partial charge in [-0.2, -0.15) is 5.10 Å². The molecule has 0 saturated carbocycles. The molecule has 1 amide bonds. The normalized spacial score (nSPS) is 11.2. The summed E-state index contributed by atoms with van der Waals surface area (Å²) in [5.41, 5.74) is 5.31. The Morgan fingerprint density at radius 1 is 1.26 bits per heavy atom. The highest BCUT2D eigenvalue weighted by Gasteiger charge is 2.06. The molecule has 2 aromatic carbocycles. The lowest BCUT2D eigenvalue weighted by atomic mass is 10.1. The van der Waals surface area contributed by atoms with E-state index in [0.717, 1.165) is 15.7 Å². The highest BCUT2D eigenvalue weighted by Crippen LogP contribution is 2.27. The van der Waals surface area contributed by atoms with Crippen molar-refractivity contribution >= 4 is 39.1 Å². The molecule has 23 heavy (non-hydrogen) atoms. The van der Waals surface area contributed by atoms with Crippen LogP contribution in [0.5, 0.6) is 5.75 Å². The molecule has 2 aromatic rings. The second kappa shape index (κ2) is 8.13. The second-order valence-electron chi connectivity index (χ2n) is 4.96. The van der Waals surface area contributed by atoms with Crippen LogP contribution < -0.4 is 10.2 Å². The molecule has 0 aliphatic carbocycles. The molecule has 1 N–H and O–H groups in total. The molecule has 0 spiro atoms. The fourth-order valence-electron chi connectivity index (χ4n) is 1.77. The molecule has 4 nitrogen and oxygen atoms in total. The zero-order valence-electron chi connectivity index (χ0n) is 12.8. The molecular formula is C17H16BrClN2O2. The average Bonchev–Trinajstić information content (AvgIpc) is 2.52. The summed E-state index contributed by atoms with van der Waals surface area (Å²) >= 11 is 9.33. The number of amides is 1. The quantitative estimate of drug-likeness (QED) is 0.605. The number of aryl methyl sites for hydroxylation is 1. The number of carbonyl (C=O) groups excluding carboxylic acids is 1. The third kappa shape index (κ3) is 5.37. The molecule has 0 aliphatic heterocycles. The van der Waals surface area contributed by atoms with E-state index in [1.807, 2.05) is 38.1 Å². The molecule has 0 saturated heterocycles. The lowest BCUT2D eigenvalue weighted by molar-refractivity contribution is -0.123. The number of hydrazone groups is 1. The Kier molecular flexibility index (Phi) is 6.19. The van der Waals surface area contributed by atoms with Crippen molar-refractivity contribution in [3.05, 3.63) is 63.1 Å². The number of ether oxygens (including phenoxy) is 1. The summed E-state index contributed by atoms with van der Waals surface area (Å²) in [6.45, 7) is 3.69. The topological polar surface area (TPSA) is 50.7 Å². The van der Waals surface area contributed by atoms with E-state index in [0.29, 0.717) is 10.8 Å². The van der Waals surface area contributed by atoms with Gasteiger partial charge in [0.25, 0.3) is 5.91 Å². The Bertz CT molecular complexity index is 730. The van der Waals surface area contributed by atoms with Crippen molar-refractivity contribution in [2.24, 2.45) is 5.10 Å². The van der Waals surface area contributed by atoms with E-state index in [-0.39, 0.29) is 12.5 Å². The first-order valence-electron chi connectivity index (χ1n) is 6.94. The molecular weight excluding hydrogens is 380 g/mol. The third-order valence-corrected chi connectivity index (χ3v) is 3.86. The fourth-order valence-corrected chi connectivity index (χ4v) is 2.50. The summed E-state index contributed by atoms with van der Waals surface area (Å²) in [5.74, 6) is 0.0969. The Balaban J connectivity index is 1.89. The van der Waals surface area contributed by atoms with Gasteiger partial charge in [0.15, 0.2) is 6.61 Å². The third-order valence-electron chi connectivity index (χ3n) is 3.07. The van der Waals surface area contributed by atoms with Crippen LogP contribution in [0, 0.1) is 6.92 Å². The highest BCUT2D eigenvalue weighted by molar-refractivity contribution is 9.10. The van der Waals surface area contributed by atoms with E-state index in [1.54, 1.807) is 18.2 Å². The first-order chi connectivity index (χ1) is 11.0. The van der Waals surface area contributed by atoms with Crippen LogP contribution in [-0.4, -0.2) is 18.2 Å². The van der Waals surface area contributed by atoms with Gasteiger partial charge in [-0.3, -0.25) is 4.79 Å². The zero-order chi connectivity index (χ0) is 16.8. The number of hydrogen-bond acceptors (Lipinski definition) is 3. The summed E-state index contributed by atoms with van der Waals surface area (Å²) < 4.78 is 6.22. The predicted molar refractivity (Wildman–Crippen MR) is 96.2 cm³/mol. The maximum atomic E-state index is 11.8. The molecule has 0 heterocycles. The molecule has 6 heteroatoms. The van der Waals surface area contributed by atoms with Gasteiger partial charge >= 0.3 is 0 Å². The van der Waals surface area contributed by atoms with Gasteiger partial charge in [0.05, 0.1) is 10.7 Å². The van der Waals surface area contributed by atoms with Crippen molar-refractivity contribution in [1.82, 2.24) is 5.43 Å². The molecule has 0 atom stereocenters.